The molecule has 0 unspecified atom stereocenters. The monoisotopic (exact) mass is 389 g/mol. The summed E-state index contributed by atoms with van der Waals surface area (Å²) in [4.78, 5) is 21.9. The number of rotatable bonds is 13. The standard InChI is InChI=1S/C23H39N3O2/c1-3-4-5-6-7-8-9-13-23(27)26(15-14-25-16-18-28-19-17-25)20-22-12-10-11-21(2)24-22/h10-12H,3-9,13-20H2,1-2H3. The summed E-state index contributed by atoms with van der Waals surface area (Å²) >= 11 is 0. The molecule has 0 spiro atoms. The first-order valence-electron chi connectivity index (χ1n) is 11.2. The van der Waals surface area contributed by atoms with Crippen LogP contribution < -0.4 is 0 Å². The summed E-state index contributed by atoms with van der Waals surface area (Å²) in [5, 5.41) is 0. The SMILES string of the molecule is CCCCCCCCCC(=O)N(CCN1CCOCC1)Cc1cccc(C)n1. The van der Waals surface area contributed by atoms with Crippen molar-refractivity contribution in [2.24, 2.45) is 0 Å². The Morgan fingerprint density at radius 1 is 1.11 bits per heavy atom. The normalized spacial score (nSPS) is 14.9. The van der Waals surface area contributed by atoms with E-state index in [0.717, 1.165) is 63.6 Å². The van der Waals surface area contributed by atoms with Gasteiger partial charge in [0.25, 0.3) is 0 Å². The maximum absolute atomic E-state index is 12.9. The third kappa shape index (κ3) is 9.16. The van der Waals surface area contributed by atoms with Gasteiger partial charge < -0.3 is 9.64 Å². The number of nitrogens with zero attached hydrogens (tertiary/aromatic N) is 3. The molecule has 1 aromatic heterocycles. The van der Waals surface area contributed by atoms with Gasteiger partial charge in [-0.15, -0.1) is 0 Å². The molecule has 0 N–H and O–H groups in total. The van der Waals surface area contributed by atoms with Crippen molar-refractivity contribution in [3.63, 3.8) is 0 Å². The van der Waals surface area contributed by atoms with Crippen LogP contribution in [-0.2, 0) is 16.1 Å². The Morgan fingerprint density at radius 2 is 1.82 bits per heavy atom. The van der Waals surface area contributed by atoms with E-state index >= 15 is 0 Å². The fourth-order valence-electron chi connectivity index (χ4n) is 3.65. The molecule has 1 saturated heterocycles. The topological polar surface area (TPSA) is 45.7 Å². The molecule has 0 radical (unpaired) electrons. The minimum atomic E-state index is 0.269. The summed E-state index contributed by atoms with van der Waals surface area (Å²) in [5.74, 6) is 0.269. The Bertz CT molecular complexity index is 559. The Morgan fingerprint density at radius 3 is 2.54 bits per heavy atom. The molecule has 2 rings (SSSR count). The average Bonchev–Trinajstić information content (AvgIpc) is 2.71. The molecule has 1 amide bonds. The molecule has 5 nitrogen and oxygen atoms in total. The second kappa shape index (κ2) is 13.7. The number of hydrogen-bond acceptors (Lipinski definition) is 4. The Kier molecular flexibility index (Phi) is 11.1. The number of carbonyl (C=O) groups excluding carboxylic acids is 1. The number of aromatic nitrogens is 1. The van der Waals surface area contributed by atoms with Crippen molar-refractivity contribution < 1.29 is 9.53 Å². The van der Waals surface area contributed by atoms with E-state index in [1.165, 1.54) is 32.1 Å². The number of pyridine rings is 1. The van der Waals surface area contributed by atoms with Crippen molar-refractivity contribution in [3.8, 4) is 0 Å². The van der Waals surface area contributed by atoms with Crippen LogP contribution in [0.4, 0.5) is 0 Å². The average molecular weight is 390 g/mol. The predicted molar refractivity (Wildman–Crippen MR) is 114 cm³/mol. The molecule has 1 aromatic rings. The van der Waals surface area contributed by atoms with E-state index in [1.807, 2.05) is 30.0 Å². The van der Waals surface area contributed by atoms with Gasteiger partial charge in [-0.25, -0.2) is 0 Å². The van der Waals surface area contributed by atoms with Crippen LogP contribution in [0.5, 0.6) is 0 Å². The number of hydrogen-bond donors (Lipinski definition) is 0. The van der Waals surface area contributed by atoms with Gasteiger partial charge in [0.2, 0.25) is 5.91 Å². The third-order valence-corrected chi connectivity index (χ3v) is 5.44. The lowest BCUT2D eigenvalue weighted by Gasteiger charge is -2.30. The van der Waals surface area contributed by atoms with E-state index in [9.17, 15) is 4.79 Å². The first-order chi connectivity index (χ1) is 13.7. The molecule has 0 saturated carbocycles. The number of ether oxygens (including phenoxy) is 1. The van der Waals surface area contributed by atoms with Crippen molar-refractivity contribution in [2.75, 3.05) is 39.4 Å². The second-order valence-corrected chi connectivity index (χ2v) is 7.91. The molecule has 2 heterocycles. The van der Waals surface area contributed by atoms with Crippen molar-refractivity contribution in [2.45, 2.75) is 71.8 Å². The molecule has 0 atom stereocenters. The molecular formula is C23H39N3O2. The molecular weight excluding hydrogens is 350 g/mol. The first kappa shape index (κ1) is 22.8. The number of carbonyl (C=O) groups is 1. The summed E-state index contributed by atoms with van der Waals surface area (Å²) in [6.07, 6.45) is 9.31. The van der Waals surface area contributed by atoms with E-state index < -0.39 is 0 Å². The molecule has 0 aromatic carbocycles. The summed E-state index contributed by atoms with van der Waals surface area (Å²) < 4.78 is 5.43. The molecule has 0 aliphatic carbocycles. The molecule has 158 valence electrons. The maximum Gasteiger partial charge on any atom is 0.222 e. The van der Waals surface area contributed by atoms with Gasteiger partial charge in [-0.1, -0.05) is 51.5 Å². The van der Waals surface area contributed by atoms with Crippen molar-refractivity contribution in [3.05, 3.63) is 29.6 Å². The van der Waals surface area contributed by atoms with Crippen LogP contribution in [-0.4, -0.2) is 60.1 Å². The van der Waals surface area contributed by atoms with Gasteiger partial charge in [0.15, 0.2) is 0 Å². The lowest BCUT2D eigenvalue weighted by atomic mass is 10.1. The largest absolute Gasteiger partial charge is 0.379 e. The quantitative estimate of drug-likeness (QED) is 0.475. The zero-order chi connectivity index (χ0) is 20.0. The van der Waals surface area contributed by atoms with Crippen LogP contribution in [0.1, 0.15) is 69.7 Å². The van der Waals surface area contributed by atoms with E-state index in [-0.39, 0.29) is 5.91 Å². The summed E-state index contributed by atoms with van der Waals surface area (Å²) in [6, 6.07) is 6.05. The highest BCUT2D eigenvalue weighted by Crippen LogP contribution is 2.12. The molecule has 28 heavy (non-hydrogen) atoms. The Balaban J connectivity index is 1.80. The van der Waals surface area contributed by atoms with Gasteiger partial charge in [-0.05, 0) is 25.5 Å². The minimum Gasteiger partial charge on any atom is -0.379 e. The van der Waals surface area contributed by atoms with E-state index in [4.69, 9.17) is 4.74 Å². The van der Waals surface area contributed by atoms with Crippen LogP contribution in [0.15, 0.2) is 18.2 Å². The molecule has 1 aliphatic heterocycles. The predicted octanol–water partition coefficient (Wildman–Crippen LogP) is 4.19. The smallest absolute Gasteiger partial charge is 0.222 e. The second-order valence-electron chi connectivity index (χ2n) is 7.91. The van der Waals surface area contributed by atoms with Crippen molar-refractivity contribution >= 4 is 5.91 Å². The molecule has 1 aliphatic rings. The lowest BCUT2D eigenvalue weighted by Crippen LogP contribution is -2.43. The summed E-state index contributed by atoms with van der Waals surface area (Å²) in [5.41, 5.74) is 1.99. The zero-order valence-electron chi connectivity index (χ0n) is 18.0. The Labute approximate surface area is 171 Å². The minimum absolute atomic E-state index is 0.269. The van der Waals surface area contributed by atoms with Gasteiger partial charge in [-0.3, -0.25) is 14.7 Å². The van der Waals surface area contributed by atoms with Gasteiger partial charge in [0.05, 0.1) is 25.5 Å². The zero-order valence-corrected chi connectivity index (χ0v) is 18.0. The molecule has 5 heteroatoms. The highest BCUT2D eigenvalue weighted by molar-refractivity contribution is 5.76. The van der Waals surface area contributed by atoms with Crippen LogP contribution in [0.3, 0.4) is 0 Å². The van der Waals surface area contributed by atoms with E-state index in [0.29, 0.717) is 13.0 Å². The summed E-state index contributed by atoms with van der Waals surface area (Å²) in [6.45, 7) is 10.1. The fourth-order valence-corrected chi connectivity index (χ4v) is 3.65. The number of morpholine rings is 1. The fraction of sp³-hybridized carbons (Fsp3) is 0.739. The molecule has 1 fully saturated rings. The highest BCUT2D eigenvalue weighted by Gasteiger charge is 2.17. The Hall–Kier alpha value is -1.46. The highest BCUT2D eigenvalue weighted by atomic mass is 16.5. The van der Waals surface area contributed by atoms with E-state index in [1.54, 1.807) is 0 Å². The van der Waals surface area contributed by atoms with Gasteiger partial charge in [-0.2, -0.15) is 0 Å². The van der Waals surface area contributed by atoms with E-state index in [2.05, 4.69) is 16.8 Å². The van der Waals surface area contributed by atoms with Crippen LogP contribution >= 0.6 is 0 Å². The van der Waals surface area contributed by atoms with Crippen LogP contribution in [0, 0.1) is 6.92 Å². The molecule has 0 bridgehead atoms. The van der Waals surface area contributed by atoms with Gasteiger partial charge in [0.1, 0.15) is 0 Å². The lowest BCUT2D eigenvalue weighted by molar-refractivity contribution is -0.132. The third-order valence-electron chi connectivity index (χ3n) is 5.44. The van der Waals surface area contributed by atoms with Gasteiger partial charge in [0, 0.05) is 38.3 Å². The summed E-state index contributed by atoms with van der Waals surface area (Å²) in [7, 11) is 0. The van der Waals surface area contributed by atoms with Crippen molar-refractivity contribution in [1.29, 1.82) is 0 Å². The number of amides is 1. The first-order valence-corrected chi connectivity index (χ1v) is 11.2. The van der Waals surface area contributed by atoms with Crippen molar-refractivity contribution in [1.82, 2.24) is 14.8 Å². The maximum atomic E-state index is 12.9. The number of unbranched alkanes of at least 4 members (excludes halogenated alkanes) is 6. The van der Waals surface area contributed by atoms with Crippen LogP contribution in [0.2, 0.25) is 0 Å². The van der Waals surface area contributed by atoms with Gasteiger partial charge >= 0.3 is 0 Å². The number of aryl methyl sites for hydroxylation is 1. The van der Waals surface area contributed by atoms with Crippen LogP contribution in [0.25, 0.3) is 0 Å².